The molecule has 36 heavy (non-hydrogen) atoms. The molecule has 0 saturated carbocycles. The molecule has 188 valence electrons. The number of hydrogen-bond donors (Lipinski definition) is 2. The van der Waals surface area contributed by atoms with Gasteiger partial charge in [-0.1, -0.05) is 26.0 Å². The molecule has 0 aliphatic carbocycles. The average Bonchev–Trinajstić information content (AvgIpc) is 2.84. The van der Waals surface area contributed by atoms with E-state index in [1.807, 2.05) is 63.2 Å². The van der Waals surface area contributed by atoms with E-state index < -0.39 is 11.6 Å². The van der Waals surface area contributed by atoms with Crippen molar-refractivity contribution in [3.05, 3.63) is 76.8 Å². The number of carboxylic acid groups (broad SMARTS) is 1. The smallest absolute Gasteiger partial charge is 0.405 e. The van der Waals surface area contributed by atoms with Crippen LogP contribution in [0.4, 0.5) is 4.79 Å². The van der Waals surface area contributed by atoms with Crippen LogP contribution in [-0.4, -0.2) is 40.0 Å². The fourth-order valence-corrected chi connectivity index (χ4v) is 4.73. The van der Waals surface area contributed by atoms with E-state index in [1.165, 1.54) is 0 Å². The highest BCUT2D eigenvalue weighted by atomic mass is 16.5. The molecular weight excluding hydrogens is 458 g/mol. The lowest BCUT2D eigenvalue weighted by Crippen LogP contribution is -2.50. The zero-order valence-electron chi connectivity index (χ0n) is 20.9. The minimum Gasteiger partial charge on any atom is -0.497 e. The third kappa shape index (κ3) is 5.43. The molecule has 0 bridgehead atoms. The van der Waals surface area contributed by atoms with Crippen LogP contribution >= 0.6 is 0 Å². The maximum Gasteiger partial charge on any atom is 0.405 e. The van der Waals surface area contributed by atoms with Crippen LogP contribution in [0.1, 0.15) is 32.8 Å². The molecule has 2 N–H and O–H groups in total. The Balaban J connectivity index is 1.73. The first-order chi connectivity index (χ1) is 17.2. The maximum atomic E-state index is 13.7. The van der Waals surface area contributed by atoms with Crippen LogP contribution in [0, 0.1) is 5.92 Å². The highest BCUT2D eigenvalue weighted by Crippen LogP contribution is 2.27. The summed E-state index contributed by atoms with van der Waals surface area (Å²) in [6.07, 6.45) is 2.93. The zero-order chi connectivity index (χ0) is 25.9. The lowest BCUT2D eigenvalue weighted by Gasteiger charge is -2.31. The van der Waals surface area contributed by atoms with Gasteiger partial charge in [-0.25, -0.2) is 4.79 Å². The molecule has 2 aromatic heterocycles. The molecule has 0 aliphatic rings. The second kappa shape index (κ2) is 10.3. The summed E-state index contributed by atoms with van der Waals surface area (Å²) < 4.78 is 13.0. The normalized spacial score (nSPS) is 13.0. The molecule has 8 nitrogen and oxygen atoms in total. The summed E-state index contributed by atoms with van der Waals surface area (Å²) in [6, 6.07) is 14.9. The van der Waals surface area contributed by atoms with Gasteiger partial charge in [0.05, 0.1) is 36.3 Å². The quantitative estimate of drug-likeness (QED) is 0.319. The number of ether oxygens (including phenoxy) is 2. The lowest BCUT2D eigenvalue weighted by molar-refractivity contribution is 0.143. The fourth-order valence-electron chi connectivity index (χ4n) is 4.73. The Hall–Kier alpha value is -4.07. The average molecular weight is 490 g/mol. The predicted molar refractivity (Wildman–Crippen MR) is 140 cm³/mol. The van der Waals surface area contributed by atoms with Gasteiger partial charge in [0, 0.05) is 11.6 Å². The summed E-state index contributed by atoms with van der Waals surface area (Å²) in [7, 11) is 1.62. The number of nitrogens with zero attached hydrogens (tertiary/aromatic N) is 2. The Labute approximate surface area is 209 Å². The van der Waals surface area contributed by atoms with Crippen LogP contribution in [-0.2, 0) is 6.54 Å². The van der Waals surface area contributed by atoms with Crippen LogP contribution in [0.2, 0.25) is 0 Å². The molecule has 1 unspecified atom stereocenters. The summed E-state index contributed by atoms with van der Waals surface area (Å²) in [5.74, 6) is 1.53. The molecule has 0 radical (unpaired) electrons. The molecule has 2 heterocycles. The van der Waals surface area contributed by atoms with Crippen LogP contribution < -0.4 is 20.3 Å². The fraction of sp³-hybridized carbons (Fsp3) is 0.321. The van der Waals surface area contributed by atoms with E-state index in [1.54, 1.807) is 30.1 Å². The molecule has 0 fully saturated rings. The van der Waals surface area contributed by atoms with Crippen molar-refractivity contribution in [2.45, 2.75) is 39.3 Å². The number of aromatic nitrogens is 2. The van der Waals surface area contributed by atoms with E-state index in [9.17, 15) is 14.7 Å². The van der Waals surface area contributed by atoms with E-state index in [4.69, 9.17) is 9.47 Å². The van der Waals surface area contributed by atoms with Crippen LogP contribution in [0.5, 0.6) is 11.5 Å². The molecule has 1 atom stereocenters. The van der Waals surface area contributed by atoms with E-state index in [0.717, 1.165) is 27.6 Å². The summed E-state index contributed by atoms with van der Waals surface area (Å²) >= 11 is 0. The van der Waals surface area contributed by atoms with Crippen molar-refractivity contribution < 1.29 is 19.4 Å². The van der Waals surface area contributed by atoms with Crippen LogP contribution in [0.25, 0.3) is 21.7 Å². The number of methoxy groups -OCH3 is 1. The number of amides is 1. The summed E-state index contributed by atoms with van der Waals surface area (Å²) in [4.78, 5) is 29.3. The van der Waals surface area contributed by atoms with Crippen molar-refractivity contribution in [1.29, 1.82) is 0 Å². The Morgan fingerprint density at radius 1 is 1.08 bits per heavy atom. The van der Waals surface area contributed by atoms with E-state index in [0.29, 0.717) is 24.1 Å². The molecule has 2 aromatic carbocycles. The number of benzene rings is 2. The summed E-state index contributed by atoms with van der Waals surface area (Å²) in [5, 5.41) is 14.1. The van der Waals surface area contributed by atoms with Crippen molar-refractivity contribution in [2.75, 3.05) is 13.7 Å². The number of fused-ring (bicyclic) bond motifs is 3. The Bertz CT molecular complexity index is 1450. The molecule has 4 aromatic rings. The van der Waals surface area contributed by atoms with Gasteiger partial charge in [0.1, 0.15) is 18.1 Å². The Morgan fingerprint density at radius 3 is 2.47 bits per heavy atom. The van der Waals surface area contributed by atoms with Crippen molar-refractivity contribution >= 4 is 27.8 Å². The zero-order valence-corrected chi connectivity index (χ0v) is 20.9. The van der Waals surface area contributed by atoms with Gasteiger partial charge in [-0.2, -0.15) is 0 Å². The minimum atomic E-state index is -1.10. The number of carbonyl (C=O) groups is 1. The number of rotatable bonds is 9. The second-order valence-electron chi connectivity index (χ2n) is 9.72. The van der Waals surface area contributed by atoms with Gasteiger partial charge < -0.3 is 24.5 Å². The van der Waals surface area contributed by atoms with Crippen molar-refractivity contribution in [3.63, 3.8) is 0 Å². The first-order valence-corrected chi connectivity index (χ1v) is 11.9. The van der Waals surface area contributed by atoms with Gasteiger partial charge in [-0.3, -0.25) is 9.78 Å². The third-order valence-electron chi connectivity index (χ3n) is 6.17. The minimum absolute atomic E-state index is 0.139. The second-order valence-corrected chi connectivity index (χ2v) is 9.72. The monoisotopic (exact) mass is 489 g/mol. The highest BCUT2D eigenvalue weighted by molar-refractivity contribution is 6.05. The van der Waals surface area contributed by atoms with Crippen molar-refractivity contribution in [2.24, 2.45) is 5.92 Å². The first-order valence-electron chi connectivity index (χ1n) is 11.9. The molecule has 1 amide bonds. The van der Waals surface area contributed by atoms with Gasteiger partial charge >= 0.3 is 6.09 Å². The largest absolute Gasteiger partial charge is 0.497 e. The van der Waals surface area contributed by atoms with Crippen LogP contribution in [0.3, 0.4) is 0 Å². The van der Waals surface area contributed by atoms with E-state index in [2.05, 4.69) is 10.3 Å². The third-order valence-corrected chi connectivity index (χ3v) is 6.17. The van der Waals surface area contributed by atoms with Crippen molar-refractivity contribution in [3.8, 4) is 11.5 Å². The van der Waals surface area contributed by atoms with Gasteiger partial charge in [-0.05, 0) is 66.6 Å². The van der Waals surface area contributed by atoms with Crippen LogP contribution in [0.15, 0.2) is 65.7 Å². The molecule has 0 saturated heterocycles. The summed E-state index contributed by atoms with van der Waals surface area (Å²) in [6.45, 7) is 6.40. The number of hydrogen-bond acceptors (Lipinski definition) is 5. The molecular formula is C28H31N3O5. The first kappa shape index (κ1) is 25.0. The maximum absolute atomic E-state index is 13.7. The van der Waals surface area contributed by atoms with Crippen molar-refractivity contribution in [1.82, 2.24) is 14.9 Å². The summed E-state index contributed by atoms with van der Waals surface area (Å²) in [5.41, 5.74) is 0.785. The molecule has 0 aliphatic heterocycles. The van der Waals surface area contributed by atoms with Gasteiger partial charge in [0.2, 0.25) is 0 Å². The van der Waals surface area contributed by atoms with Gasteiger partial charge in [0.15, 0.2) is 0 Å². The SMILES string of the molecule is COc1ccc(Cn2c(=O)c3cc(OCC(C)(CC(C)C)NC(=O)O)ccc3c3ccncc32)cc1. The van der Waals surface area contributed by atoms with Gasteiger partial charge in [0.25, 0.3) is 5.56 Å². The number of nitrogens with one attached hydrogen (secondary N) is 1. The topological polar surface area (TPSA) is 103 Å². The lowest BCUT2D eigenvalue weighted by atomic mass is 9.91. The predicted octanol–water partition coefficient (Wildman–Crippen LogP) is 5.06. The highest BCUT2D eigenvalue weighted by Gasteiger charge is 2.28. The Kier molecular flexibility index (Phi) is 7.15. The number of pyridine rings is 2. The molecule has 0 spiro atoms. The standard InChI is InChI=1S/C28H31N3O5/c1-18(2)14-28(3,30-27(33)34)17-36-21-9-10-22-23-11-12-29-15-25(23)31(26(32)24(22)13-21)16-19-5-7-20(35-4)8-6-19/h5-13,15,18,30H,14,16-17H2,1-4H3,(H,33,34). The molecule has 8 heteroatoms. The van der Waals surface area contributed by atoms with Gasteiger partial charge in [-0.15, -0.1) is 0 Å². The Morgan fingerprint density at radius 2 is 1.81 bits per heavy atom. The van der Waals surface area contributed by atoms with E-state index in [-0.39, 0.29) is 18.1 Å². The molecule has 4 rings (SSSR count). The van der Waals surface area contributed by atoms with E-state index >= 15 is 0 Å².